The van der Waals surface area contributed by atoms with Crippen LogP contribution >= 0.6 is 11.8 Å². The molecule has 0 aromatic rings. The van der Waals surface area contributed by atoms with E-state index < -0.39 is 17.7 Å². The highest BCUT2D eigenvalue weighted by Gasteiger charge is 2.09. The van der Waals surface area contributed by atoms with Crippen molar-refractivity contribution in [3.05, 3.63) is 0 Å². The van der Waals surface area contributed by atoms with Crippen molar-refractivity contribution in [3.8, 4) is 0 Å². The minimum Gasteiger partial charge on any atom is -0.355 e. The summed E-state index contributed by atoms with van der Waals surface area (Å²) in [5.74, 6) is -1.98. The van der Waals surface area contributed by atoms with Gasteiger partial charge in [-0.05, 0) is 12.8 Å². The van der Waals surface area contributed by atoms with E-state index in [0.717, 1.165) is 37.3 Å². The van der Waals surface area contributed by atoms with E-state index in [9.17, 15) is 28.8 Å². The molecule has 10 nitrogen and oxygen atoms in total. The first-order valence-corrected chi connectivity index (χ1v) is 9.47. The standard InChI is InChI=1S/C16H26N4O6S/c1-12(22)27-11-16(26)20-10-15(25)19-9-14(24)18-8-13(23)17-6-4-2-3-5-7-21/h7H,2-6,8-11H2,1H3,(H,17,23)(H,18,24)(H,19,25)(H,20,26). The van der Waals surface area contributed by atoms with Gasteiger partial charge in [-0.2, -0.15) is 0 Å². The molecule has 0 saturated heterocycles. The van der Waals surface area contributed by atoms with Crippen molar-refractivity contribution in [1.82, 2.24) is 21.3 Å². The van der Waals surface area contributed by atoms with E-state index >= 15 is 0 Å². The smallest absolute Gasteiger partial charge is 0.239 e. The molecule has 0 aromatic carbocycles. The summed E-state index contributed by atoms with van der Waals surface area (Å²) in [6.45, 7) is 0.957. The second-order valence-corrected chi connectivity index (χ2v) is 6.63. The van der Waals surface area contributed by atoms with E-state index in [-0.39, 0.29) is 36.4 Å². The van der Waals surface area contributed by atoms with Crippen LogP contribution in [0.5, 0.6) is 0 Å². The van der Waals surface area contributed by atoms with Crippen molar-refractivity contribution < 1.29 is 28.8 Å². The van der Waals surface area contributed by atoms with Gasteiger partial charge in [-0.15, -0.1) is 0 Å². The maximum absolute atomic E-state index is 11.5. The average molecular weight is 402 g/mol. The predicted molar refractivity (Wildman–Crippen MR) is 99.7 cm³/mol. The van der Waals surface area contributed by atoms with Crippen LogP contribution in [-0.4, -0.2) is 67.0 Å². The summed E-state index contributed by atoms with van der Waals surface area (Å²) >= 11 is 0.830. The van der Waals surface area contributed by atoms with Crippen LogP contribution in [0.15, 0.2) is 0 Å². The summed E-state index contributed by atoms with van der Waals surface area (Å²) in [5, 5.41) is 9.40. The molecule has 152 valence electrons. The molecule has 0 aliphatic rings. The van der Waals surface area contributed by atoms with Crippen LogP contribution in [0.3, 0.4) is 0 Å². The molecule has 0 heterocycles. The lowest BCUT2D eigenvalue weighted by atomic mass is 10.2. The fourth-order valence-electron chi connectivity index (χ4n) is 1.70. The third kappa shape index (κ3) is 16.8. The second-order valence-electron chi connectivity index (χ2n) is 5.48. The Kier molecular flexibility index (Phi) is 14.4. The lowest BCUT2D eigenvalue weighted by Crippen LogP contribution is -2.44. The number of nitrogens with one attached hydrogen (secondary N) is 4. The first kappa shape index (κ1) is 24.6. The average Bonchev–Trinajstić information content (AvgIpc) is 2.63. The van der Waals surface area contributed by atoms with E-state index in [4.69, 9.17) is 0 Å². The fraction of sp³-hybridized carbons (Fsp3) is 0.625. The number of amides is 4. The summed E-state index contributed by atoms with van der Waals surface area (Å²) in [4.78, 5) is 66.7. The molecule has 11 heteroatoms. The maximum atomic E-state index is 11.5. The zero-order valence-electron chi connectivity index (χ0n) is 15.3. The quantitative estimate of drug-likeness (QED) is 0.204. The van der Waals surface area contributed by atoms with Crippen LogP contribution in [0.25, 0.3) is 0 Å². The molecule has 0 saturated carbocycles. The first-order chi connectivity index (χ1) is 12.8. The highest BCUT2D eigenvalue weighted by molar-refractivity contribution is 8.14. The van der Waals surface area contributed by atoms with Crippen molar-refractivity contribution in [2.75, 3.05) is 31.9 Å². The highest BCUT2D eigenvalue weighted by atomic mass is 32.2. The SMILES string of the molecule is CC(=O)SCC(=O)NCC(=O)NCC(=O)NCC(=O)NCCCCCC=O. The molecule has 0 unspecified atom stereocenters. The lowest BCUT2D eigenvalue weighted by Gasteiger charge is -2.08. The molecule has 0 radical (unpaired) electrons. The summed E-state index contributed by atoms with van der Waals surface area (Å²) in [7, 11) is 0. The summed E-state index contributed by atoms with van der Waals surface area (Å²) < 4.78 is 0. The fourth-order valence-corrected chi connectivity index (χ4v) is 2.14. The van der Waals surface area contributed by atoms with Gasteiger partial charge in [0.05, 0.1) is 25.4 Å². The maximum Gasteiger partial charge on any atom is 0.239 e. The molecule has 0 rings (SSSR count). The van der Waals surface area contributed by atoms with Crippen LogP contribution in [-0.2, 0) is 28.8 Å². The Morgan fingerprint density at radius 1 is 0.741 bits per heavy atom. The molecule has 0 aliphatic heterocycles. The first-order valence-electron chi connectivity index (χ1n) is 8.49. The van der Waals surface area contributed by atoms with Gasteiger partial charge in [-0.3, -0.25) is 24.0 Å². The van der Waals surface area contributed by atoms with Crippen molar-refractivity contribution in [2.45, 2.75) is 32.6 Å². The number of hydrogen-bond acceptors (Lipinski definition) is 7. The Morgan fingerprint density at radius 3 is 1.78 bits per heavy atom. The van der Waals surface area contributed by atoms with Gasteiger partial charge < -0.3 is 26.1 Å². The van der Waals surface area contributed by atoms with Gasteiger partial charge in [0.1, 0.15) is 6.29 Å². The molecule has 4 amide bonds. The molecule has 0 fully saturated rings. The monoisotopic (exact) mass is 402 g/mol. The Hall–Kier alpha value is -2.43. The lowest BCUT2D eigenvalue weighted by molar-refractivity contribution is -0.128. The number of hydrogen-bond donors (Lipinski definition) is 4. The second kappa shape index (κ2) is 15.8. The van der Waals surface area contributed by atoms with Crippen molar-refractivity contribution in [1.29, 1.82) is 0 Å². The molecule has 0 aliphatic carbocycles. The minimum atomic E-state index is -0.564. The molecule has 4 N–H and O–H groups in total. The van der Waals surface area contributed by atoms with Crippen LogP contribution in [0.2, 0.25) is 0 Å². The summed E-state index contributed by atoms with van der Waals surface area (Å²) in [6.07, 6.45) is 3.73. The predicted octanol–water partition coefficient (Wildman–Crippen LogP) is -1.51. The van der Waals surface area contributed by atoms with Gasteiger partial charge in [-0.1, -0.05) is 18.2 Å². The molecule has 0 spiro atoms. The van der Waals surface area contributed by atoms with E-state index in [1.165, 1.54) is 6.92 Å². The van der Waals surface area contributed by atoms with E-state index in [1.54, 1.807) is 0 Å². The number of thioether (sulfide) groups is 1. The zero-order valence-corrected chi connectivity index (χ0v) is 16.1. The Bertz CT molecular complexity index is 541. The van der Waals surface area contributed by atoms with Gasteiger partial charge in [0.15, 0.2) is 5.12 Å². The zero-order chi connectivity index (χ0) is 20.5. The normalized spacial score (nSPS) is 9.81. The van der Waals surface area contributed by atoms with Crippen molar-refractivity contribution >= 4 is 46.8 Å². The van der Waals surface area contributed by atoms with Gasteiger partial charge in [0.2, 0.25) is 23.6 Å². The molecule has 0 bridgehead atoms. The van der Waals surface area contributed by atoms with Crippen LogP contribution < -0.4 is 21.3 Å². The summed E-state index contributed by atoms with van der Waals surface area (Å²) in [5.41, 5.74) is 0. The third-order valence-corrected chi connectivity index (χ3v) is 3.88. The number of carbonyl (C=O) groups excluding carboxylic acids is 6. The molecular weight excluding hydrogens is 376 g/mol. The molecule has 0 aromatic heterocycles. The van der Waals surface area contributed by atoms with Gasteiger partial charge in [0.25, 0.3) is 0 Å². The molecular formula is C16H26N4O6S. The van der Waals surface area contributed by atoms with E-state index in [0.29, 0.717) is 13.0 Å². The van der Waals surface area contributed by atoms with Crippen molar-refractivity contribution in [2.24, 2.45) is 0 Å². The van der Waals surface area contributed by atoms with Crippen LogP contribution in [0.4, 0.5) is 0 Å². The van der Waals surface area contributed by atoms with E-state index in [1.807, 2.05) is 0 Å². The largest absolute Gasteiger partial charge is 0.355 e. The number of carbonyl (C=O) groups is 6. The number of unbranched alkanes of at least 4 members (excludes halogenated alkanes) is 3. The molecule has 27 heavy (non-hydrogen) atoms. The minimum absolute atomic E-state index is 0.0741. The third-order valence-electron chi connectivity index (χ3n) is 3.07. The topological polar surface area (TPSA) is 151 Å². The van der Waals surface area contributed by atoms with Gasteiger partial charge in [0, 0.05) is 19.9 Å². The number of aldehydes is 1. The van der Waals surface area contributed by atoms with Crippen molar-refractivity contribution in [3.63, 3.8) is 0 Å². The van der Waals surface area contributed by atoms with Gasteiger partial charge >= 0.3 is 0 Å². The van der Waals surface area contributed by atoms with Crippen LogP contribution in [0.1, 0.15) is 32.6 Å². The Morgan fingerprint density at radius 2 is 1.26 bits per heavy atom. The molecule has 0 atom stereocenters. The van der Waals surface area contributed by atoms with E-state index in [2.05, 4.69) is 21.3 Å². The van der Waals surface area contributed by atoms with Gasteiger partial charge in [-0.25, -0.2) is 0 Å². The Balaban J connectivity index is 3.70. The van der Waals surface area contributed by atoms with Crippen LogP contribution in [0, 0.1) is 0 Å². The number of rotatable bonds is 14. The Labute approximate surface area is 162 Å². The summed E-state index contributed by atoms with van der Waals surface area (Å²) in [6, 6.07) is 0. The highest BCUT2D eigenvalue weighted by Crippen LogP contribution is 1.99.